The van der Waals surface area contributed by atoms with Gasteiger partial charge in [0.15, 0.2) is 0 Å². The average molecular weight is 265 g/mol. The highest BCUT2D eigenvalue weighted by atomic mass is 32.2. The molecular formula is C15H23NOS. The molecule has 2 atom stereocenters. The molecule has 2 rings (SSSR count). The van der Waals surface area contributed by atoms with Crippen LogP contribution in [0.15, 0.2) is 29.2 Å². The molecule has 100 valence electrons. The Morgan fingerprint density at radius 2 is 2.39 bits per heavy atom. The second kappa shape index (κ2) is 7.17. The molecule has 0 bridgehead atoms. The van der Waals surface area contributed by atoms with Gasteiger partial charge in [0.25, 0.3) is 0 Å². The minimum atomic E-state index is 0.572. The lowest BCUT2D eigenvalue weighted by Crippen LogP contribution is -2.38. The van der Waals surface area contributed by atoms with Gasteiger partial charge in [0.05, 0.1) is 6.61 Å². The minimum Gasteiger partial charge on any atom is -0.381 e. The van der Waals surface area contributed by atoms with E-state index >= 15 is 0 Å². The van der Waals surface area contributed by atoms with Crippen LogP contribution in [0.3, 0.4) is 0 Å². The van der Waals surface area contributed by atoms with Crippen LogP contribution < -0.4 is 5.32 Å². The zero-order chi connectivity index (χ0) is 12.8. The second-order valence-electron chi connectivity index (χ2n) is 4.92. The molecule has 1 aliphatic heterocycles. The Labute approximate surface area is 114 Å². The summed E-state index contributed by atoms with van der Waals surface area (Å²) in [7, 11) is 0. The van der Waals surface area contributed by atoms with Gasteiger partial charge < -0.3 is 10.1 Å². The highest BCUT2D eigenvalue weighted by Crippen LogP contribution is 2.25. The summed E-state index contributed by atoms with van der Waals surface area (Å²) in [6.07, 6.45) is 1.20. The first-order valence-electron chi connectivity index (χ1n) is 6.80. The highest BCUT2D eigenvalue weighted by Gasteiger charge is 2.24. The average Bonchev–Trinajstić information content (AvgIpc) is 2.88. The van der Waals surface area contributed by atoms with Crippen LogP contribution in [-0.2, 0) is 4.74 Å². The summed E-state index contributed by atoms with van der Waals surface area (Å²) in [5.41, 5.74) is 1.34. The van der Waals surface area contributed by atoms with Gasteiger partial charge in [0, 0.05) is 29.2 Å². The van der Waals surface area contributed by atoms with E-state index in [4.69, 9.17) is 4.74 Å². The number of aryl methyl sites for hydroxylation is 1. The van der Waals surface area contributed by atoms with Gasteiger partial charge in [-0.15, -0.1) is 11.8 Å². The summed E-state index contributed by atoms with van der Waals surface area (Å²) >= 11 is 1.95. The Morgan fingerprint density at radius 1 is 1.50 bits per heavy atom. The summed E-state index contributed by atoms with van der Waals surface area (Å²) in [5, 5.41) is 3.61. The molecule has 1 aromatic rings. The van der Waals surface area contributed by atoms with Gasteiger partial charge in [-0.2, -0.15) is 0 Å². The zero-order valence-corrected chi connectivity index (χ0v) is 12.1. The second-order valence-corrected chi connectivity index (χ2v) is 6.01. The molecule has 0 radical (unpaired) electrons. The molecule has 1 N–H and O–H groups in total. The van der Waals surface area contributed by atoms with Crippen molar-refractivity contribution in [3.05, 3.63) is 29.8 Å². The fraction of sp³-hybridized carbons (Fsp3) is 0.600. The molecule has 0 aliphatic carbocycles. The Kier molecular flexibility index (Phi) is 5.54. The summed E-state index contributed by atoms with van der Waals surface area (Å²) < 4.78 is 5.51. The molecule has 1 fully saturated rings. The van der Waals surface area contributed by atoms with E-state index in [1.807, 2.05) is 11.8 Å². The van der Waals surface area contributed by atoms with Gasteiger partial charge in [-0.3, -0.25) is 0 Å². The largest absolute Gasteiger partial charge is 0.381 e. The van der Waals surface area contributed by atoms with Crippen LogP contribution in [0.1, 0.15) is 18.9 Å². The molecule has 1 aromatic carbocycles. The third kappa shape index (κ3) is 4.01. The molecule has 0 saturated carbocycles. The molecular weight excluding hydrogens is 242 g/mol. The van der Waals surface area contributed by atoms with Crippen molar-refractivity contribution in [2.45, 2.75) is 31.2 Å². The van der Waals surface area contributed by atoms with E-state index in [9.17, 15) is 0 Å². The SMILES string of the molecule is CCNC(CSc1cccc(C)c1)C1CCOC1. The smallest absolute Gasteiger partial charge is 0.0510 e. The summed E-state index contributed by atoms with van der Waals surface area (Å²) in [6.45, 7) is 7.22. The predicted octanol–water partition coefficient (Wildman–Crippen LogP) is 3.10. The number of benzene rings is 1. The first kappa shape index (κ1) is 13.9. The zero-order valence-electron chi connectivity index (χ0n) is 11.3. The topological polar surface area (TPSA) is 21.3 Å². The lowest BCUT2D eigenvalue weighted by molar-refractivity contribution is 0.179. The van der Waals surface area contributed by atoms with Crippen molar-refractivity contribution in [3.8, 4) is 0 Å². The van der Waals surface area contributed by atoms with Crippen LogP contribution in [-0.4, -0.2) is 31.6 Å². The van der Waals surface area contributed by atoms with E-state index < -0.39 is 0 Å². The van der Waals surface area contributed by atoms with Crippen molar-refractivity contribution in [2.24, 2.45) is 5.92 Å². The number of hydrogen-bond acceptors (Lipinski definition) is 3. The van der Waals surface area contributed by atoms with Gasteiger partial charge in [0.1, 0.15) is 0 Å². The number of thioether (sulfide) groups is 1. The van der Waals surface area contributed by atoms with Crippen molar-refractivity contribution in [1.82, 2.24) is 5.32 Å². The minimum absolute atomic E-state index is 0.572. The molecule has 18 heavy (non-hydrogen) atoms. The Hall–Kier alpha value is -0.510. The van der Waals surface area contributed by atoms with Gasteiger partial charge in [-0.25, -0.2) is 0 Å². The van der Waals surface area contributed by atoms with Crippen LogP contribution in [0.4, 0.5) is 0 Å². The first-order chi connectivity index (χ1) is 8.79. The monoisotopic (exact) mass is 265 g/mol. The van der Waals surface area contributed by atoms with E-state index in [2.05, 4.69) is 43.4 Å². The van der Waals surface area contributed by atoms with Crippen LogP contribution in [0, 0.1) is 12.8 Å². The van der Waals surface area contributed by atoms with Crippen LogP contribution in [0.2, 0.25) is 0 Å². The normalized spacial score (nSPS) is 21.1. The van der Waals surface area contributed by atoms with Gasteiger partial charge in [-0.05, 0) is 32.0 Å². The molecule has 0 spiro atoms. The maximum atomic E-state index is 5.51. The Morgan fingerprint density at radius 3 is 3.06 bits per heavy atom. The standard InChI is InChI=1S/C15H23NOS/c1-3-16-15(13-7-8-17-10-13)11-18-14-6-4-5-12(2)9-14/h4-6,9,13,15-16H,3,7-8,10-11H2,1-2H3. The number of nitrogens with one attached hydrogen (secondary N) is 1. The Balaban J connectivity index is 1.88. The van der Waals surface area contributed by atoms with Gasteiger partial charge in [0.2, 0.25) is 0 Å². The number of ether oxygens (including phenoxy) is 1. The lowest BCUT2D eigenvalue weighted by atomic mass is 10.0. The summed E-state index contributed by atoms with van der Waals surface area (Å²) in [5.74, 6) is 1.81. The van der Waals surface area contributed by atoms with E-state index in [1.54, 1.807) is 0 Å². The molecule has 3 heteroatoms. The van der Waals surface area contributed by atoms with E-state index in [0.717, 1.165) is 25.5 Å². The van der Waals surface area contributed by atoms with Gasteiger partial charge >= 0.3 is 0 Å². The van der Waals surface area contributed by atoms with E-state index in [-0.39, 0.29) is 0 Å². The first-order valence-corrected chi connectivity index (χ1v) is 7.78. The van der Waals surface area contributed by atoms with Crippen LogP contribution >= 0.6 is 11.8 Å². The van der Waals surface area contributed by atoms with Crippen LogP contribution in [0.5, 0.6) is 0 Å². The van der Waals surface area contributed by atoms with Crippen LogP contribution in [0.25, 0.3) is 0 Å². The highest BCUT2D eigenvalue weighted by molar-refractivity contribution is 7.99. The third-order valence-electron chi connectivity index (χ3n) is 3.42. The van der Waals surface area contributed by atoms with Crippen molar-refractivity contribution in [3.63, 3.8) is 0 Å². The quantitative estimate of drug-likeness (QED) is 0.799. The lowest BCUT2D eigenvalue weighted by Gasteiger charge is -2.22. The number of rotatable bonds is 6. The van der Waals surface area contributed by atoms with Gasteiger partial charge in [-0.1, -0.05) is 24.6 Å². The molecule has 1 heterocycles. The summed E-state index contributed by atoms with van der Waals surface area (Å²) in [6, 6.07) is 9.32. The molecule has 0 aromatic heterocycles. The fourth-order valence-corrected chi connectivity index (χ4v) is 3.59. The molecule has 1 aliphatic rings. The molecule has 2 unspecified atom stereocenters. The van der Waals surface area contributed by atoms with Crippen molar-refractivity contribution >= 4 is 11.8 Å². The molecule has 2 nitrogen and oxygen atoms in total. The maximum absolute atomic E-state index is 5.51. The van der Waals surface area contributed by atoms with Crippen molar-refractivity contribution in [1.29, 1.82) is 0 Å². The maximum Gasteiger partial charge on any atom is 0.0510 e. The fourth-order valence-electron chi connectivity index (χ4n) is 2.39. The predicted molar refractivity (Wildman–Crippen MR) is 78.3 cm³/mol. The third-order valence-corrected chi connectivity index (χ3v) is 4.53. The van der Waals surface area contributed by atoms with E-state index in [1.165, 1.54) is 16.9 Å². The van der Waals surface area contributed by atoms with Crippen molar-refractivity contribution < 1.29 is 4.74 Å². The molecule has 0 amide bonds. The summed E-state index contributed by atoms with van der Waals surface area (Å²) in [4.78, 5) is 1.37. The number of hydrogen-bond donors (Lipinski definition) is 1. The van der Waals surface area contributed by atoms with E-state index in [0.29, 0.717) is 12.0 Å². The molecule has 1 saturated heterocycles. The Bertz CT molecular complexity index is 363. The van der Waals surface area contributed by atoms with Crippen molar-refractivity contribution in [2.75, 3.05) is 25.5 Å².